The molecular weight excluding hydrogens is 484 g/mol. The van der Waals surface area contributed by atoms with Crippen molar-refractivity contribution in [3.8, 4) is 23.0 Å². The maximum Gasteiger partial charge on any atom is 0.125 e. The topological polar surface area (TPSA) is 58.9 Å². The molecule has 0 saturated heterocycles. The SMILES string of the molecule is Cc1cc(CCCCCCCc2cc(C)c(O)c(COc3ccccc3)c2)cc(COc2ccccc2)c1O. The van der Waals surface area contributed by atoms with E-state index in [-0.39, 0.29) is 0 Å². The van der Waals surface area contributed by atoms with Crippen molar-refractivity contribution in [2.24, 2.45) is 0 Å². The summed E-state index contributed by atoms with van der Waals surface area (Å²) in [5.41, 5.74) is 5.98. The molecule has 0 fully saturated rings. The summed E-state index contributed by atoms with van der Waals surface area (Å²) in [6, 6.07) is 27.8. The van der Waals surface area contributed by atoms with Crippen molar-refractivity contribution >= 4 is 0 Å². The third-order valence-electron chi connectivity index (χ3n) is 7.08. The average Bonchev–Trinajstić information content (AvgIpc) is 2.95. The van der Waals surface area contributed by atoms with E-state index < -0.39 is 0 Å². The maximum atomic E-state index is 10.5. The largest absolute Gasteiger partial charge is 0.507 e. The highest BCUT2D eigenvalue weighted by Crippen LogP contribution is 2.28. The van der Waals surface area contributed by atoms with Crippen molar-refractivity contribution < 1.29 is 19.7 Å². The van der Waals surface area contributed by atoms with Gasteiger partial charge in [-0.25, -0.2) is 0 Å². The fraction of sp³-hybridized carbons (Fsp3) is 0.314. The number of phenols is 2. The molecule has 0 atom stereocenters. The van der Waals surface area contributed by atoms with Gasteiger partial charge in [-0.05, 0) is 98.2 Å². The standard InChI is InChI=1S/C35H40O4/c1-26-20-28(22-30(34(26)36)24-38-32-16-10-6-11-17-32)14-8-4-3-5-9-15-29-21-27(2)35(37)31(23-29)25-39-33-18-12-7-13-19-33/h6-7,10-13,16-23,36-37H,3-5,8-9,14-15,24-25H2,1-2H3. The molecule has 0 aromatic heterocycles. The van der Waals surface area contributed by atoms with Crippen LogP contribution in [0.2, 0.25) is 0 Å². The lowest BCUT2D eigenvalue weighted by molar-refractivity contribution is 0.298. The summed E-state index contributed by atoms with van der Waals surface area (Å²) in [6.07, 6.45) is 7.82. The minimum absolute atomic E-state index is 0.328. The zero-order chi connectivity index (χ0) is 27.5. The first-order valence-corrected chi connectivity index (χ1v) is 14.0. The lowest BCUT2D eigenvalue weighted by Crippen LogP contribution is -1.99. The van der Waals surface area contributed by atoms with Crippen LogP contribution in [-0.2, 0) is 26.1 Å². The molecule has 4 rings (SSSR count). The average molecular weight is 525 g/mol. The van der Waals surface area contributed by atoms with E-state index in [4.69, 9.17) is 9.47 Å². The quantitative estimate of drug-likeness (QED) is 0.162. The molecule has 2 N–H and O–H groups in total. The summed E-state index contributed by atoms with van der Waals surface area (Å²) >= 11 is 0. The lowest BCUT2D eigenvalue weighted by atomic mass is 9.98. The molecule has 204 valence electrons. The first-order valence-electron chi connectivity index (χ1n) is 14.0. The van der Waals surface area contributed by atoms with Crippen LogP contribution in [0.25, 0.3) is 0 Å². The molecule has 0 aliphatic rings. The summed E-state index contributed by atoms with van der Waals surface area (Å²) in [6.45, 7) is 4.63. The Bertz CT molecular complexity index is 1210. The number of phenolic OH excluding ortho intramolecular Hbond substituents is 2. The molecule has 0 bridgehead atoms. The fourth-order valence-electron chi connectivity index (χ4n) is 4.92. The van der Waals surface area contributed by atoms with Crippen LogP contribution in [0.15, 0.2) is 84.9 Å². The van der Waals surface area contributed by atoms with E-state index >= 15 is 0 Å². The van der Waals surface area contributed by atoms with E-state index in [1.807, 2.05) is 74.5 Å². The molecule has 0 amide bonds. The third-order valence-corrected chi connectivity index (χ3v) is 7.08. The van der Waals surface area contributed by atoms with Crippen LogP contribution in [0.4, 0.5) is 0 Å². The maximum absolute atomic E-state index is 10.5. The molecular formula is C35H40O4. The van der Waals surface area contributed by atoms with Crippen LogP contribution >= 0.6 is 0 Å². The third kappa shape index (κ3) is 8.54. The summed E-state index contributed by atoms with van der Waals surface area (Å²) in [7, 11) is 0. The molecule has 4 aromatic carbocycles. The Hall–Kier alpha value is -3.92. The van der Waals surface area contributed by atoms with E-state index in [9.17, 15) is 10.2 Å². The van der Waals surface area contributed by atoms with Crippen LogP contribution < -0.4 is 9.47 Å². The second-order valence-corrected chi connectivity index (χ2v) is 10.3. The molecule has 4 aromatic rings. The van der Waals surface area contributed by atoms with Gasteiger partial charge in [-0.15, -0.1) is 0 Å². The number of para-hydroxylation sites is 2. The van der Waals surface area contributed by atoms with E-state index in [0.717, 1.165) is 59.4 Å². The minimum Gasteiger partial charge on any atom is -0.507 e. The number of ether oxygens (including phenoxy) is 2. The number of rotatable bonds is 14. The van der Waals surface area contributed by atoms with Gasteiger partial charge >= 0.3 is 0 Å². The van der Waals surface area contributed by atoms with Gasteiger partial charge in [0.25, 0.3) is 0 Å². The zero-order valence-electron chi connectivity index (χ0n) is 23.2. The number of hydrogen-bond donors (Lipinski definition) is 2. The van der Waals surface area contributed by atoms with Gasteiger partial charge in [-0.3, -0.25) is 0 Å². The van der Waals surface area contributed by atoms with Crippen LogP contribution in [0.1, 0.15) is 65.5 Å². The molecule has 4 heteroatoms. The number of benzene rings is 4. The van der Waals surface area contributed by atoms with Gasteiger partial charge in [-0.1, -0.05) is 67.8 Å². The van der Waals surface area contributed by atoms with E-state index in [1.165, 1.54) is 30.4 Å². The summed E-state index contributed by atoms with van der Waals surface area (Å²) in [5, 5.41) is 21.0. The van der Waals surface area contributed by atoms with Gasteiger partial charge < -0.3 is 19.7 Å². The molecule has 0 spiro atoms. The van der Waals surface area contributed by atoms with Crippen molar-refractivity contribution in [3.05, 3.63) is 118 Å². The van der Waals surface area contributed by atoms with E-state index in [1.54, 1.807) is 0 Å². The highest BCUT2D eigenvalue weighted by atomic mass is 16.5. The Kier molecular flexibility index (Phi) is 10.3. The second-order valence-electron chi connectivity index (χ2n) is 10.3. The van der Waals surface area contributed by atoms with Crippen molar-refractivity contribution in [3.63, 3.8) is 0 Å². The van der Waals surface area contributed by atoms with Gasteiger partial charge in [0, 0.05) is 11.1 Å². The first kappa shape index (κ1) is 28.1. The van der Waals surface area contributed by atoms with Gasteiger partial charge in [-0.2, -0.15) is 0 Å². The van der Waals surface area contributed by atoms with Gasteiger partial charge in [0.2, 0.25) is 0 Å². The monoisotopic (exact) mass is 524 g/mol. The smallest absolute Gasteiger partial charge is 0.125 e. The van der Waals surface area contributed by atoms with Crippen molar-refractivity contribution in [1.82, 2.24) is 0 Å². The fourth-order valence-corrected chi connectivity index (χ4v) is 4.92. The van der Waals surface area contributed by atoms with Crippen LogP contribution in [0, 0.1) is 13.8 Å². The molecule has 0 radical (unpaired) electrons. The number of aryl methyl sites for hydroxylation is 4. The number of hydrogen-bond acceptors (Lipinski definition) is 4. The predicted octanol–water partition coefficient (Wildman–Crippen LogP) is 8.61. The Balaban J connectivity index is 1.19. The second kappa shape index (κ2) is 14.3. The molecule has 0 aliphatic carbocycles. The predicted molar refractivity (Wildman–Crippen MR) is 158 cm³/mol. The summed E-state index contributed by atoms with van der Waals surface area (Å²) in [5.74, 6) is 2.26. The Morgan fingerprint density at radius 1 is 0.513 bits per heavy atom. The highest BCUT2D eigenvalue weighted by Gasteiger charge is 2.10. The lowest BCUT2D eigenvalue weighted by Gasteiger charge is -2.13. The van der Waals surface area contributed by atoms with Gasteiger partial charge in [0.15, 0.2) is 0 Å². The van der Waals surface area contributed by atoms with E-state index in [0.29, 0.717) is 24.7 Å². The Morgan fingerprint density at radius 2 is 0.897 bits per heavy atom. The summed E-state index contributed by atoms with van der Waals surface area (Å²) in [4.78, 5) is 0. The molecule has 0 aliphatic heterocycles. The van der Waals surface area contributed by atoms with Crippen molar-refractivity contribution in [1.29, 1.82) is 0 Å². The first-order chi connectivity index (χ1) is 19.0. The number of unbranched alkanes of at least 4 members (excludes halogenated alkanes) is 4. The number of aromatic hydroxyl groups is 2. The molecule has 0 heterocycles. The van der Waals surface area contributed by atoms with E-state index in [2.05, 4.69) is 24.3 Å². The van der Waals surface area contributed by atoms with Gasteiger partial charge in [0.1, 0.15) is 36.2 Å². The van der Waals surface area contributed by atoms with Crippen LogP contribution in [0.5, 0.6) is 23.0 Å². The van der Waals surface area contributed by atoms with Crippen LogP contribution in [-0.4, -0.2) is 10.2 Å². The summed E-state index contributed by atoms with van der Waals surface area (Å²) < 4.78 is 11.7. The van der Waals surface area contributed by atoms with Crippen molar-refractivity contribution in [2.45, 2.75) is 72.0 Å². The zero-order valence-corrected chi connectivity index (χ0v) is 23.2. The van der Waals surface area contributed by atoms with Gasteiger partial charge in [0.05, 0.1) is 0 Å². The molecule has 0 saturated carbocycles. The highest BCUT2D eigenvalue weighted by molar-refractivity contribution is 5.44. The molecule has 4 nitrogen and oxygen atoms in total. The molecule has 0 unspecified atom stereocenters. The normalized spacial score (nSPS) is 10.9. The Morgan fingerprint density at radius 3 is 1.31 bits per heavy atom. The Labute approximate surface area is 232 Å². The van der Waals surface area contributed by atoms with Crippen molar-refractivity contribution in [2.75, 3.05) is 0 Å². The molecule has 39 heavy (non-hydrogen) atoms. The minimum atomic E-state index is 0.328. The van der Waals surface area contributed by atoms with Crippen LogP contribution in [0.3, 0.4) is 0 Å².